The molecule has 4 nitrogen and oxygen atoms in total. The number of hydrogen-bond acceptors (Lipinski definition) is 2. The number of anilines is 1. The fraction of sp³-hybridized carbons (Fsp3) is 0.375. The standard InChI is InChI=1S/C16H17NO3/c1-9-2-6-12(7-3-9)17-15(18)13-10-4-5-11(8-10)14(13)16(19)20/h2-7,10-11,13-14H,8H2,1H3,(H,17,18)(H,19,20)/t10-,11-,13+,14-/m0/s1. The van der Waals surface area contributed by atoms with Crippen molar-refractivity contribution in [2.75, 3.05) is 5.32 Å². The Hall–Kier alpha value is -2.10. The number of rotatable bonds is 3. The molecule has 0 heterocycles. The lowest BCUT2D eigenvalue weighted by molar-refractivity contribution is -0.146. The van der Waals surface area contributed by atoms with E-state index in [0.29, 0.717) is 0 Å². The molecule has 1 amide bonds. The van der Waals surface area contributed by atoms with E-state index in [9.17, 15) is 14.7 Å². The van der Waals surface area contributed by atoms with Crippen LogP contribution in [0.15, 0.2) is 36.4 Å². The van der Waals surface area contributed by atoms with Gasteiger partial charge in [0.1, 0.15) is 0 Å². The molecule has 1 fully saturated rings. The first kappa shape index (κ1) is 12.9. The van der Waals surface area contributed by atoms with Gasteiger partial charge >= 0.3 is 5.97 Å². The predicted octanol–water partition coefficient (Wildman–Crippen LogP) is 2.46. The van der Waals surface area contributed by atoms with Gasteiger partial charge in [0, 0.05) is 5.69 Å². The van der Waals surface area contributed by atoms with Gasteiger partial charge in [-0.15, -0.1) is 0 Å². The molecule has 0 radical (unpaired) electrons. The van der Waals surface area contributed by atoms with Crippen molar-refractivity contribution in [1.29, 1.82) is 0 Å². The van der Waals surface area contributed by atoms with E-state index in [1.54, 1.807) is 0 Å². The highest BCUT2D eigenvalue weighted by Crippen LogP contribution is 2.48. The SMILES string of the molecule is Cc1ccc(NC(=O)[C@H]2[C@@H](C(=O)O)[C@H]3C=C[C@H]2C3)cc1. The molecule has 4 heteroatoms. The second-order valence-electron chi connectivity index (χ2n) is 5.69. The van der Waals surface area contributed by atoms with Crippen LogP contribution in [0, 0.1) is 30.6 Å². The van der Waals surface area contributed by atoms with Crippen LogP contribution in [0.3, 0.4) is 0 Å². The van der Waals surface area contributed by atoms with Gasteiger partial charge in [0.25, 0.3) is 0 Å². The number of aliphatic carboxylic acids is 1. The van der Waals surface area contributed by atoms with Crippen LogP contribution in [0.2, 0.25) is 0 Å². The number of carboxylic acid groups (broad SMARTS) is 1. The highest BCUT2D eigenvalue weighted by atomic mass is 16.4. The van der Waals surface area contributed by atoms with Gasteiger partial charge in [-0.3, -0.25) is 9.59 Å². The minimum absolute atomic E-state index is 0.00580. The first-order valence-corrected chi connectivity index (χ1v) is 6.85. The van der Waals surface area contributed by atoms with Crippen molar-refractivity contribution in [2.45, 2.75) is 13.3 Å². The Kier molecular flexibility index (Phi) is 3.08. The van der Waals surface area contributed by atoms with Crippen LogP contribution >= 0.6 is 0 Å². The molecule has 20 heavy (non-hydrogen) atoms. The number of hydrogen-bond donors (Lipinski definition) is 2. The second-order valence-corrected chi connectivity index (χ2v) is 5.69. The molecule has 3 rings (SSSR count). The number of benzene rings is 1. The smallest absolute Gasteiger partial charge is 0.307 e. The van der Waals surface area contributed by atoms with Gasteiger partial charge in [0.05, 0.1) is 11.8 Å². The van der Waals surface area contributed by atoms with E-state index < -0.39 is 17.8 Å². The molecular weight excluding hydrogens is 254 g/mol. The molecule has 2 aliphatic rings. The average Bonchev–Trinajstić information content (AvgIpc) is 3.01. The van der Waals surface area contributed by atoms with Crippen LogP contribution in [0.1, 0.15) is 12.0 Å². The Bertz CT molecular complexity index is 576. The summed E-state index contributed by atoms with van der Waals surface area (Å²) in [5, 5.41) is 12.2. The van der Waals surface area contributed by atoms with Crippen LogP contribution in [-0.4, -0.2) is 17.0 Å². The Morgan fingerprint density at radius 1 is 1.10 bits per heavy atom. The molecule has 4 atom stereocenters. The lowest BCUT2D eigenvalue weighted by atomic mass is 9.82. The number of amides is 1. The maximum atomic E-state index is 12.4. The van der Waals surface area contributed by atoms with E-state index in [4.69, 9.17) is 0 Å². The predicted molar refractivity (Wildman–Crippen MR) is 75.2 cm³/mol. The normalized spacial score (nSPS) is 30.4. The summed E-state index contributed by atoms with van der Waals surface area (Å²) >= 11 is 0. The van der Waals surface area contributed by atoms with Crippen LogP contribution in [-0.2, 0) is 9.59 Å². The summed E-state index contributed by atoms with van der Waals surface area (Å²) in [6.45, 7) is 1.98. The van der Waals surface area contributed by atoms with Crippen molar-refractivity contribution in [3.63, 3.8) is 0 Å². The maximum Gasteiger partial charge on any atom is 0.307 e. The van der Waals surface area contributed by atoms with Crippen molar-refractivity contribution >= 4 is 17.6 Å². The summed E-state index contributed by atoms with van der Waals surface area (Å²) < 4.78 is 0. The minimum Gasteiger partial charge on any atom is -0.481 e. The van der Waals surface area contributed by atoms with Crippen molar-refractivity contribution in [1.82, 2.24) is 0 Å². The zero-order valence-corrected chi connectivity index (χ0v) is 11.2. The molecule has 2 bridgehead atoms. The zero-order chi connectivity index (χ0) is 14.3. The number of carbonyl (C=O) groups excluding carboxylic acids is 1. The molecule has 0 spiro atoms. The van der Waals surface area contributed by atoms with Crippen LogP contribution in [0.5, 0.6) is 0 Å². The summed E-state index contributed by atoms with van der Waals surface area (Å²) in [5.41, 5.74) is 1.84. The number of carbonyl (C=O) groups is 2. The molecule has 1 aromatic rings. The molecule has 0 aliphatic heterocycles. The molecule has 2 N–H and O–H groups in total. The summed E-state index contributed by atoms with van der Waals surface area (Å²) in [6.07, 6.45) is 4.71. The monoisotopic (exact) mass is 271 g/mol. The highest BCUT2D eigenvalue weighted by Gasteiger charge is 2.51. The fourth-order valence-electron chi connectivity index (χ4n) is 3.38. The number of aryl methyl sites for hydroxylation is 1. The van der Waals surface area contributed by atoms with Gasteiger partial charge in [-0.05, 0) is 37.3 Å². The molecule has 1 aromatic carbocycles. The summed E-state index contributed by atoms with van der Waals surface area (Å²) in [5.74, 6) is -2.03. The number of fused-ring (bicyclic) bond motifs is 2. The van der Waals surface area contributed by atoms with E-state index in [1.165, 1.54) is 0 Å². The first-order chi connectivity index (χ1) is 9.56. The topological polar surface area (TPSA) is 66.4 Å². The third-order valence-electron chi connectivity index (χ3n) is 4.37. The molecule has 1 saturated carbocycles. The van der Waals surface area contributed by atoms with Gasteiger partial charge < -0.3 is 10.4 Å². The van der Waals surface area contributed by atoms with Gasteiger partial charge in [-0.2, -0.15) is 0 Å². The Labute approximate surface area is 117 Å². The largest absolute Gasteiger partial charge is 0.481 e. The van der Waals surface area contributed by atoms with E-state index >= 15 is 0 Å². The molecule has 0 unspecified atom stereocenters. The van der Waals surface area contributed by atoms with Gasteiger partial charge in [-0.25, -0.2) is 0 Å². The van der Waals surface area contributed by atoms with Crippen molar-refractivity contribution in [3.8, 4) is 0 Å². The third-order valence-corrected chi connectivity index (χ3v) is 4.37. The molecule has 104 valence electrons. The molecule has 0 aromatic heterocycles. The third kappa shape index (κ3) is 2.11. The number of nitrogens with one attached hydrogen (secondary N) is 1. The Balaban J connectivity index is 1.78. The van der Waals surface area contributed by atoms with Crippen LogP contribution in [0.4, 0.5) is 5.69 Å². The van der Waals surface area contributed by atoms with Crippen LogP contribution in [0.25, 0.3) is 0 Å². The minimum atomic E-state index is -0.870. The van der Waals surface area contributed by atoms with E-state index in [0.717, 1.165) is 17.7 Å². The maximum absolute atomic E-state index is 12.4. The van der Waals surface area contributed by atoms with Crippen molar-refractivity contribution in [3.05, 3.63) is 42.0 Å². The molecule has 0 saturated heterocycles. The summed E-state index contributed by atoms with van der Waals surface area (Å²) in [6, 6.07) is 7.52. The van der Waals surface area contributed by atoms with Crippen LogP contribution < -0.4 is 5.32 Å². The Morgan fingerprint density at radius 3 is 2.30 bits per heavy atom. The van der Waals surface area contributed by atoms with E-state index in [-0.39, 0.29) is 17.7 Å². The second kappa shape index (κ2) is 4.78. The number of allylic oxidation sites excluding steroid dienone is 2. The Morgan fingerprint density at radius 2 is 1.70 bits per heavy atom. The summed E-state index contributed by atoms with van der Waals surface area (Å²) in [4.78, 5) is 23.8. The highest BCUT2D eigenvalue weighted by molar-refractivity contribution is 5.96. The van der Waals surface area contributed by atoms with Crippen molar-refractivity contribution in [2.24, 2.45) is 23.7 Å². The van der Waals surface area contributed by atoms with Crippen molar-refractivity contribution < 1.29 is 14.7 Å². The lowest BCUT2D eigenvalue weighted by Crippen LogP contribution is -2.36. The quantitative estimate of drug-likeness (QED) is 0.830. The molecular formula is C16H17NO3. The van der Waals surface area contributed by atoms with Gasteiger partial charge in [0.2, 0.25) is 5.91 Å². The van der Waals surface area contributed by atoms with Gasteiger partial charge in [-0.1, -0.05) is 29.8 Å². The van der Waals surface area contributed by atoms with Gasteiger partial charge in [0.15, 0.2) is 0 Å². The van der Waals surface area contributed by atoms with E-state index in [1.807, 2.05) is 43.3 Å². The molecule has 2 aliphatic carbocycles. The zero-order valence-electron chi connectivity index (χ0n) is 11.2. The first-order valence-electron chi connectivity index (χ1n) is 6.85. The van der Waals surface area contributed by atoms with E-state index in [2.05, 4.69) is 5.32 Å². The summed E-state index contributed by atoms with van der Waals surface area (Å²) in [7, 11) is 0. The average molecular weight is 271 g/mol. The lowest BCUT2D eigenvalue weighted by Gasteiger charge is -2.23. The number of carboxylic acids is 1. The fourth-order valence-corrected chi connectivity index (χ4v) is 3.38.